The molecule has 3 heterocycles. The predicted octanol–water partition coefficient (Wildman–Crippen LogP) is 5.26. The molecule has 0 spiro atoms. The number of nitrogens with one attached hydrogen (secondary N) is 1. The van der Waals surface area contributed by atoms with Gasteiger partial charge in [0.2, 0.25) is 0 Å². The van der Waals surface area contributed by atoms with Gasteiger partial charge in [-0.15, -0.1) is 0 Å². The Morgan fingerprint density at radius 1 is 1.19 bits per heavy atom. The number of hydrogen-bond acceptors (Lipinski definition) is 3. The Morgan fingerprint density at radius 3 is 2.56 bits per heavy atom. The van der Waals surface area contributed by atoms with Crippen LogP contribution in [0.4, 0.5) is 10.2 Å². The molecule has 5 nitrogen and oxygen atoms in total. The Morgan fingerprint density at radius 2 is 1.89 bits per heavy atom. The molecular weight excluding hydrogens is 449 g/mol. The molecule has 0 aliphatic heterocycles. The molecule has 0 saturated heterocycles. The number of benzene rings is 1. The highest BCUT2D eigenvalue weighted by molar-refractivity contribution is 9.10. The number of imidazole rings is 1. The first kappa shape index (κ1) is 19.9. The van der Waals surface area contributed by atoms with Gasteiger partial charge in [0, 0.05) is 23.3 Å². The van der Waals surface area contributed by atoms with E-state index in [4.69, 9.17) is 4.98 Å². The third-order valence-corrected chi connectivity index (χ3v) is 5.36. The average molecular weight is 468 g/mol. The molecule has 0 atom stereocenters. The molecule has 0 aliphatic rings. The maximum absolute atomic E-state index is 13.0. The second-order valence-electron chi connectivity index (χ2n) is 5.88. The Hall–Kier alpha value is -1.84. The van der Waals surface area contributed by atoms with Gasteiger partial charge in [-0.3, -0.25) is 13.8 Å². The third kappa shape index (κ3) is 3.90. The van der Waals surface area contributed by atoms with Crippen molar-refractivity contribution in [3.8, 4) is 11.3 Å². The lowest BCUT2D eigenvalue weighted by atomic mass is 10.1. The van der Waals surface area contributed by atoms with E-state index in [1.807, 2.05) is 35.7 Å². The number of hydrogen-bond donors (Lipinski definition) is 1. The summed E-state index contributed by atoms with van der Waals surface area (Å²) in [5.74, 6) is 0.810. The normalized spacial score (nSPS) is 11.0. The van der Waals surface area contributed by atoms with Gasteiger partial charge >= 0.3 is 0 Å². The molecule has 0 radical (unpaired) electrons. The van der Waals surface area contributed by atoms with Gasteiger partial charge in [0.25, 0.3) is 0 Å². The monoisotopic (exact) mass is 467 g/mol. The molecule has 9 heteroatoms. The summed E-state index contributed by atoms with van der Waals surface area (Å²) in [6.45, 7) is 2.10. The van der Waals surface area contributed by atoms with Gasteiger partial charge in [0.15, 0.2) is 0 Å². The number of halogens is 2. The maximum atomic E-state index is 13.0. The van der Waals surface area contributed by atoms with Crippen LogP contribution < -0.4 is 4.31 Å². The number of nitrogens with zero attached hydrogens (tertiary/aromatic N) is 4. The molecule has 0 saturated carbocycles. The maximum Gasteiger partial charge on any atom is 0.147 e. The SMILES string of the molecule is CCc1nc2ccc(Br)cn2c1N(C)Sn1cc(-c2ccc(F)cc2)[nH]1.S. The van der Waals surface area contributed by atoms with Crippen molar-refractivity contribution in [3.05, 3.63) is 64.8 Å². The van der Waals surface area contributed by atoms with E-state index in [9.17, 15) is 4.39 Å². The van der Waals surface area contributed by atoms with Crippen LogP contribution in [0.25, 0.3) is 16.9 Å². The minimum atomic E-state index is -0.231. The van der Waals surface area contributed by atoms with Crippen molar-refractivity contribution in [1.82, 2.24) is 18.6 Å². The second-order valence-corrected chi connectivity index (χ2v) is 7.90. The minimum absolute atomic E-state index is 0. The molecule has 142 valence electrons. The van der Waals surface area contributed by atoms with Crippen molar-refractivity contribution in [1.29, 1.82) is 0 Å². The molecule has 0 bridgehead atoms. The van der Waals surface area contributed by atoms with Crippen LogP contribution in [0.15, 0.2) is 53.3 Å². The van der Waals surface area contributed by atoms with Crippen molar-refractivity contribution >= 4 is 53.0 Å². The van der Waals surface area contributed by atoms with Crippen molar-refractivity contribution in [3.63, 3.8) is 0 Å². The molecule has 27 heavy (non-hydrogen) atoms. The standard InChI is InChI=1S/C18H17BrFN5S.H2S/c1-3-15-18(24-10-13(19)6-9-17(24)21-15)23(2)26-25-11-16(22-25)12-4-7-14(20)8-5-12;/h4-11,22H,3H2,1-2H3;1H2. The van der Waals surface area contributed by atoms with E-state index in [0.717, 1.165) is 39.3 Å². The number of aryl methyl sites for hydroxylation is 1. The van der Waals surface area contributed by atoms with Crippen LogP contribution in [-0.2, 0) is 6.42 Å². The summed E-state index contributed by atoms with van der Waals surface area (Å²) in [5.41, 5.74) is 3.88. The smallest absolute Gasteiger partial charge is 0.147 e. The lowest BCUT2D eigenvalue weighted by molar-refractivity contribution is 0.628. The number of aromatic amines is 1. The van der Waals surface area contributed by atoms with Crippen LogP contribution >= 0.6 is 41.6 Å². The number of pyridine rings is 1. The summed E-state index contributed by atoms with van der Waals surface area (Å²) in [5, 5.41) is 3.26. The first-order valence-corrected chi connectivity index (χ1v) is 9.69. The van der Waals surface area contributed by atoms with E-state index < -0.39 is 0 Å². The zero-order valence-electron chi connectivity index (χ0n) is 14.8. The van der Waals surface area contributed by atoms with Crippen molar-refractivity contribution in [2.75, 3.05) is 11.4 Å². The molecule has 0 aliphatic carbocycles. The van der Waals surface area contributed by atoms with Gasteiger partial charge in [0.1, 0.15) is 17.3 Å². The van der Waals surface area contributed by atoms with Crippen LogP contribution in [0.2, 0.25) is 0 Å². The fourth-order valence-corrected chi connectivity index (χ4v) is 4.00. The summed E-state index contributed by atoms with van der Waals surface area (Å²) in [6, 6.07) is 10.4. The zero-order chi connectivity index (χ0) is 18.3. The Balaban J connectivity index is 0.00000210. The van der Waals surface area contributed by atoms with Crippen LogP contribution in [0, 0.1) is 5.82 Å². The average Bonchev–Trinajstić information content (AvgIpc) is 2.96. The van der Waals surface area contributed by atoms with Crippen molar-refractivity contribution in [2.24, 2.45) is 0 Å². The van der Waals surface area contributed by atoms with Crippen LogP contribution in [-0.4, -0.2) is 25.6 Å². The van der Waals surface area contributed by atoms with Gasteiger partial charge in [-0.25, -0.2) is 13.5 Å². The molecular formula is C18H19BrFN5S2. The van der Waals surface area contributed by atoms with Crippen LogP contribution in [0.3, 0.4) is 0 Å². The minimum Gasteiger partial charge on any atom is -0.285 e. The fourth-order valence-electron chi connectivity index (χ4n) is 2.84. The summed E-state index contributed by atoms with van der Waals surface area (Å²) in [4.78, 5) is 4.71. The Bertz CT molecular complexity index is 1040. The highest BCUT2D eigenvalue weighted by Crippen LogP contribution is 2.30. The lowest BCUT2D eigenvalue weighted by Crippen LogP contribution is -2.17. The summed E-state index contributed by atoms with van der Waals surface area (Å²) >= 11 is 5.05. The van der Waals surface area contributed by atoms with E-state index in [2.05, 4.69) is 36.7 Å². The Kier molecular flexibility index (Phi) is 5.92. The summed E-state index contributed by atoms with van der Waals surface area (Å²) in [7, 11) is 2.01. The van der Waals surface area contributed by atoms with Crippen molar-refractivity contribution in [2.45, 2.75) is 13.3 Å². The van der Waals surface area contributed by atoms with Gasteiger partial charge in [-0.1, -0.05) is 6.92 Å². The Labute approximate surface area is 176 Å². The molecule has 0 fully saturated rings. The highest BCUT2D eigenvalue weighted by Gasteiger charge is 2.17. The van der Waals surface area contributed by atoms with Gasteiger partial charge in [0.05, 0.1) is 29.7 Å². The molecule has 4 aromatic rings. The molecule has 0 amide bonds. The molecule has 3 aromatic heterocycles. The zero-order valence-corrected chi connectivity index (χ0v) is 18.2. The summed E-state index contributed by atoms with van der Waals surface area (Å²) in [6.07, 6.45) is 4.86. The number of aromatic nitrogens is 4. The van der Waals surface area contributed by atoms with Gasteiger partial charge < -0.3 is 0 Å². The van der Waals surface area contributed by atoms with E-state index in [1.54, 1.807) is 12.1 Å². The largest absolute Gasteiger partial charge is 0.285 e. The van der Waals surface area contributed by atoms with Gasteiger partial charge in [-0.2, -0.15) is 13.5 Å². The quantitative estimate of drug-likeness (QED) is 0.407. The topological polar surface area (TPSA) is 41.3 Å². The highest BCUT2D eigenvalue weighted by atomic mass is 79.9. The van der Waals surface area contributed by atoms with Crippen molar-refractivity contribution < 1.29 is 4.39 Å². The lowest BCUT2D eigenvalue weighted by Gasteiger charge is -2.22. The van der Waals surface area contributed by atoms with E-state index >= 15 is 0 Å². The van der Waals surface area contributed by atoms with E-state index in [1.165, 1.54) is 24.3 Å². The van der Waals surface area contributed by atoms with E-state index in [0.29, 0.717) is 0 Å². The first-order chi connectivity index (χ1) is 12.5. The molecule has 4 rings (SSSR count). The first-order valence-electron chi connectivity index (χ1n) is 8.17. The molecule has 1 aromatic carbocycles. The number of anilines is 1. The number of H-pyrrole nitrogens is 1. The van der Waals surface area contributed by atoms with E-state index in [-0.39, 0.29) is 19.3 Å². The number of fused-ring (bicyclic) bond motifs is 1. The fraction of sp³-hybridized carbons (Fsp3) is 0.167. The van der Waals surface area contributed by atoms with Crippen LogP contribution in [0.1, 0.15) is 12.6 Å². The predicted molar refractivity (Wildman–Crippen MR) is 118 cm³/mol. The number of rotatable bonds is 5. The summed E-state index contributed by atoms with van der Waals surface area (Å²) < 4.78 is 20.1. The van der Waals surface area contributed by atoms with Crippen LogP contribution in [0.5, 0.6) is 0 Å². The molecule has 1 N–H and O–H groups in total. The molecule has 0 unspecified atom stereocenters. The van der Waals surface area contributed by atoms with Gasteiger partial charge in [-0.05, 0) is 58.7 Å². The second kappa shape index (κ2) is 8.04. The third-order valence-electron chi connectivity index (χ3n) is 4.10.